The molecular formula is C15H18ClN3. The van der Waals surface area contributed by atoms with E-state index in [4.69, 9.17) is 17.3 Å². The number of aryl methyl sites for hydroxylation is 2. The van der Waals surface area contributed by atoms with Gasteiger partial charge in [-0.2, -0.15) is 0 Å². The second-order valence-electron chi connectivity index (χ2n) is 4.63. The Morgan fingerprint density at radius 1 is 1.26 bits per heavy atom. The number of nitrogens with two attached hydrogens (primary N) is 1. The lowest BCUT2D eigenvalue weighted by Crippen LogP contribution is -2.20. The molecule has 1 heterocycles. The van der Waals surface area contributed by atoms with Crippen molar-refractivity contribution in [3.8, 4) is 0 Å². The van der Waals surface area contributed by atoms with Gasteiger partial charge in [0.15, 0.2) is 0 Å². The van der Waals surface area contributed by atoms with E-state index in [9.17, 15) is 0 Å². The molecule has 0 aliphatic heterocycles. The molecule has 0 saturated heterocycles. The van der Waals surface area contributed by atoms with Gasteiger partial charge in [-0.05, 0) is 43.2 Å². The van der Waals surface area contributed by atoms with Crippen molar-refractivity contribution in [2.45, 2.75) is 19.9 Å². The molecule has 1 unspecified atom stereocenters. The number of benzene rings is 1. The third-order valence-electron chi connectivity index (χ3n) is 3.09. The van der Waals surface area contributed by atoms with Crippen LogP contribution in [0.2, 0.25) is 5.02 Å². The smallest absolute Gasteiger partial charge is 0.0651 e. The molecule has 0 bridgehead atoms. The maximum atomic E-state index is 6.12. The summed E-state index contributed by atoms with van der Waals surface area (Å²) in [5.74, 6) is 0. The van der Waals surface area contributed by atoms with E-state index in [1.807, 2.05) is 50.4 Å². The summed E-state index contributed by atoms with van der Waals surface area (Å²) in [5, 5.41) is 4.14. The van der Waals surface area contributed by atoms with Crippen LogP contribution >= 0.6 is 11.6 Å². The summed E-state index contributed by atoms with van der Waals surface area (Å²) in [6, 6.07) is 9.98. The van der Waals surface area contributed by atoms with Crippen molar-refractivity contribution in [2.75, 3.05) is 11.9 Å². The third kappa shape index (κ3) is 3.46. The number of hydrogen-bond donors (Lipinski definition) is 2. The molecule has 4 heteroatoms. The van der Waals surface area contributed by atoms with Crippen molar-refractivity contribution >= 4 is 17.3 Å². The number of hydrogen-bond acceptors (Lipinski definition) is 3. The molecule has 0 aliphatic rings. The number of halogens is 1. The Labute approximate surface area is 118 Å². The van der Waals surface area contributed by atoms with E-state index in [-0.39, 0.29) is 6.04 Å². The molecule has 3 N–H and O–H groups in total. The zero-order valence-electron chi connectivity index (χ0n) is 11.2. The summed E-state index contributed by atoms with van der Waals surface area (Å²) in [6.07, 6.45) is 1.86. The van der Waals surface area contributed by atoms with Crippen molar-refractivity contribution in [1.82, 2.24) is 4.98 Å². The molecule has 2 aromatic rings. The zero-order chi connectivity index (χ0) is 13.8. The Morgan fingerprint density at radius 3 is 2.63 bits per heavy atom. The number of nitrogens with one attached hydrogen (secondary N) is 1. The first kappa shape index (κ1) is 13.8. The van der Waals surface area contributed by atoms with Gasteiger partial charge in [0, 0.05) is 29.1 Å². The fourth-order valence-corrected chi connectivity index (χ4v) is 2.03. The Kier molecular flexibility index (Phi) is 4.40. The minimum atomic E-state index is 0.0341. The normalized spacial score (nSPS) is 12.2. The topological polar surface area (TPSA) is 50.9 Å². The van der Waals surface area contributed by atoms with Crippen molar-refractivity contribution < 1.29 is 0 Å². The molecule has 2 rings (SSSR count). The summed E-state index contributed by atoms with van der Waals surface area (Å²) in [5.41, 5.74) is 9.94. The van der Waals surface area contributed by atoms with Gasteiger partial charge in [0.25, 0.3) is 0 Å². The largest absolute Gasteiger partial charge is 0.377 e. The highest BCUT2D eigenvalue weighted by Gasteiger charge is 2.10. The Hall–Kier alpha value is -1.58. The molecule has 0 spiro atoms. The van der Waals surface area contributed by atoms with Crippen molar-refractivity contribution in [3.63, 3.8) is 0 Å². The van der Waals surface area contributed by atoms with Crippen LogP contribution in [0.15, 0.2) is 36.5 Å². The molecule has 100 valence electrons. The fourth-order valence-electron chi connectivity index (χ4n) is 1.85. The molecule has 0 aliphatic carbocycles. The molecule has 19 heavy (non-hydrogen) atoms. The quantitative estimate of drug-likeness (QED) is 0.898. The van der Waals surface area contributed by atoms with Crippen molar-refractivity contribution in [2.24, 2.45) is 5.73 Å². The minimum absolute atomic E-state index is 0.0341. The average Bonchev–Trinajstić information content (AvgIpc) is 2.41. The van der Waals surface area contributed by atoms with E-state index in [1.165, 1.54) is 0 Å². The van der Waals surface area contributed by atoms with Crippen LogP contribution in [-0.2, 0) is 0 Å². The third-order valence-corrected chi connectivity index (χ3v) is 3.49. The standard InChI is InChI=1S/C15H18ClN3/c1-10-3-6-13(7-14(10)16)19-15(8-17)12-5-4-11(2)18-9-12/h3-7,9,15,19H,8,17H2,1-2H3. The molecule has 3 nitrogen and oxygen atoms in total. The van der Waals surface area contributed by atoms with Gasteiger partial charge in [-0.3, -0.25) is 4.98 Å². The number of anilines is 1. The predicted octanol–water partition coefficient (Wildman–Crippen LogP) is 3.46. The average molecular weight is 276 g/mol. The minimum Gasteiger partial charge on any atom is -0.377 e. The highest BCUT2D eigenvalue weighted by Crippen LogP contribution is 2.23. The van der Waals surface area contributed by atoms with E-state index in [0.717, 1.165) is 27.5 Å². The van der Waals surface area contributed by atoms with E-state index >= 15 is 0 Å². The van der Waals surface area contributed by atoms with Crippen LogP contribution in [0.4, 0.5) is 5.69 Å². The van der Waals surface area contributed by atoms with Crippen molar-refractivity contribution in [3.05, 3.63) is 58.4 Å². The number of pyridine rings is 1. The Balaban J connectivity index is 2.18. The van der Waals surface area contributed by atoms with Crippen molar-refractivity contribution in [1.29, 1.82) is 0 Å². The van der Waals surface area contributed by atoms with Crippen LogP contribution in [0.5, 0.6) is 0 Å². The predicted molar refractivity (Wildman–Crippen MR) is 80.6 cm³/mol. The maximum absolute atomic E-state index is 6.12. The molecule has 0 fully saturated rings. The lowest BCUT2D eigenvalue weighted by molar-refractivity contribution is 0.783. The van der Waals surface area contributed by atoms with Gasteiger partial charge < -0.3 is 11.1 Å². The summed E-state index contributed by atoms with van der Waals surface area (Å²) in [6.45, 7) is 4.45. The Bertz CT molecular complexity index is 552. The molecule has 1 aromatic carbocycles. The maximum Gasteiger partial charge on any atom is 0.0651 e. The fraction of sp³-hybridized carbons (Fsp3) is 0.267. The lowest BCUT2D eigenvalue weighted by atomic mass is 10.1. The van der Waals surface area contributed by atoms with Gasteiger partial charge in [-0.15, -0.1) is 0 Å². The van der Waals surface area contributed by atoms with Crippen LogP contribution in [0.3, 0.4) is 0 Å². The van der Waals surface area contributed by atoms with E-state index < -0.39 is 0 Å². The first-order valence-corrected chi connectivity index (χ1v) is 6.63. The van der Waals surface area contributed by atoms with Crippen LogP contribution in [0.1, 0.15) is 22.9 Å². The number of nitrogens with zero attached hydrogens (tertiary/aromatic N) is 1. The van der Waals surface area contributed by atoms with E-state index in [2.05, 4.69) is 10.3 Å². The van der Waals surface area contributed by atoms with E-state index in [1.54, 1.807) is 0 Å². The second-order valence-corrected chi connectivity index (χ2v) is 5.04. The summed E-state index contributed by atoms with van der Waals surface area (Å²) >= 11 is 6.12. The van der Waals surface area contributed by atoms with Gasteiger partial charge in [0.1, 0.15) is 0 Å². The zero-order valence-corrected chi connectivity index (χ0v) is 11.9. The summed E-state index contributed by atoms with van der Waals surface area (Å²) in [7, 11) is 0. The highest BCUT2D eigenvalue weighted by molar-refractivity contribution is 6.31. The molecular weight excluding hydrogens is 258 g/mol. The van der Waals surface area contributed by atoms with Gasteiger partial charge in [0.2, 0.25) is 0 Å². The van der Waals surface area contributed by atoms with E-state index in [0.29, 0.717) is 6.54 Å². The number of aromatic nitrogens is 1. The second kappa shape index (κ2) is 6.04. The van der Waals surface area contributed by atoms with Crippen LogP contribution in [0.25, 0.3) is 0 Å². The molecule has 0 radical (unpaired) electrons. The summed E-state index contributed by atoms with van der Waals surface area (Å²) < 4.78 is 0. The molecule has 0 amide bonds. The van der Waals surface area contributed by atoms with Gasteiger partial charge in [-0.1, -0.05) is 23.7 Å². The number of rotatable bonds is 4. The monoisotopic (exact) mass is 275 g/mol. The van der Waals surface area contributed by atoms with Gasteiger partial charge in [-0.25, -0.2) is 0 Å². The first-order valence-electron chi connectivity index (χ1n) is 6.25. The van der Waals surface area contributed by atoms with Gasteiger partial charge in [0.05, 0.1) is 6.04 Å². The Morgan fingerprint density at radius 2 is 2.05 bits per heavy atom. The molecule has 1 aromatic heterocycles. The molecule has 0 saturated carbocycles. The van der Waals surface area contributed by atoms with Gasteiger partial charge >= 0.3 is 0 Å². The molecule has 1 atom stereocenters. The van der Waals surface area contributed by atoms with Crippen LogP contribution < -0.4 is 11.1 Å². The van der Waals surface area contributed by atoms with Crippen LogP contribution in [0, 0.1) is 13.8 Å². The summed E-state index contributed by atoms with van der Waals surface area (Å²) in [4.78, 5) is 4.30. The first-order chi connectivity index (χ1) is 9.10. The SMILES string of the molecule is Cc1ccc(C(CN)Nc2ccc(C)c(Cl)c2)cn1. The van der Waals surface area contributed by atoms with Crippen LogP contribution in [-0.4, -0.2) is 11.5 Å². The lowest BCUT2D eigenvalue weighted by Gasteiger charge is -2.19. The highest BCUT2D eigenvalue weighted by atomic mass is 35.5.